The number of halogens is 4. The van der Waals surface area contributed by atoms with Gasteiger partial charge in [-0.25, -0.2) is 0 Å². The molecule has 0 aliphatic rings. The molecule has 0 fully saturated rings. The van der Waals surface area contributed by atoms with Gasteiger partial charge in [0.15, 0.2) is 0 Å². The summed E-state index contributed by atoms with van der Waals surface area (Å²) >= 11 is 23.4. The minimum atomic E-state index is 0.360. The van der Waals surface area contributed by atoms with E-state index in [0.29, 0.717) is 37.2 Å². The number of nitrogens with zero attached hydrogens (tertiary/aromatic N) is 2. The van der Waals surface area contributed by atoms with Gasteiger partial charge in [-0.1, -0.05) is 46.4 Å². The van der Waals surface area contributed by atoms with E-state index in [1.165, 1.54) is 6.07 Å². The molecule has 0 heterocycles. The second kappa shape index (κ2) is 5.97. The average Bonchev–Trinajstić information content (AvgIpc) is 2.36. The predicted molar refractivity (Wildman–Crippen MR) is 81.5 cm³/mol. The molecule has 2 N–H and O–H groups in total. The Kier molecular flexibility index (Phi) is 4.53. The molecule has 7 heteroatoms. The number of hydrogen-bond donors (Lipinski definition) is 1. The Morgan fingerprint density at radius 2 is 1.37 bits per heavy atom. The van der Waals surface area contributed by atoms with Gasteiger partial charge in [0.25, 0.3) is 0 Å². The van der Waals surface area contributed by atoms with Crippen molar-refractivity contribution < 1.29 is 0 Å². The van der Waals surface area contributed by atoms with Crippen molar-refractivity contribution in [1.29, 1.82) is 0 Å². The maximum atomic E-state index is 5.89. The molecule has 2 aromatic rings. The molecule has 0 saturated heterocycles. The molecule has 0 atom stereocenters. The molecule has 3 nitrogen and oxygen atoms in total. The van der Waals surface area contributed by atoms with Crippen LogP contribution in [0.4, 0.5) is 17.1 Å². The molecule has 2 aromatic carbocycles. The molecule has 0 spiro atoms. The number of rotatable bonds is 2. The van der Waals surface area contributed by atoms with E-state index in [4.69, 9.17) is 52.1 Å². The number of nitrogen functional groups attached to an aromatic ring is 1. The van der Waals surface area contributed by atoms with Gasteiger partial charge >= 0.3 is 0 Å². The quantitative estimate of drug-likeness (QED) is 0.508. The van der Waals surface area contributed by atoms with Crippen LogP contribution in [0.2, 0.25) is 20.1 Å². The minimum Gasteiger partial charge on any atom is -0.397 e. The van der Waals surface area contributed by atoms with Crippen molar-refractivity contribution in [2.45, 2.75) is 0 Å². The Morgan fingerprint density at radius 1 is 0.737 bits per heavy atom. The second-order valence-electron chi connectivity index (χ2n) is 3.62. The zero-order chi connectivity index (χ0) is 14.0. The van der Waals surface area contributed by atoms with Gasteiger partial charge in [0.05, 0.1) is 31.5 Å². The highest BCUT2D eigenvalue weighted by atomic mass is 35.5. The van der Waals surface area contributed by atoms with Crippen molar-refractivity contribution in [1.82, 2.24) is 0 Å². The van der Waals surface area contributed by atoms with Crippen LogP contribution in [0, 0.1) is 0 Å². The van der Waals surface area contributed by atoms with Gasteiger partial charge < -0.3 is 5.73 Å². The maximum Gasteiger partial charge on any atom is 0.110 e. The predicted octanol–water partition coefficient (Wildman–Crippen LogP) is 6.30. The van der Waals surface area contributed by atoms with E-state index >= 15 is 0 Å². The zero-order valence-electron chi connectivity index (χ0n) is 9.37. The molecule has 0 aromatic heterocycles. The molecule has 98 valence electrons. The van der Waals surface area contributed by atoms with Crippen LogP contribution in [0.15, 0.2) is 40.6 Å². The van der Waals surface area contributed by atoms with E-state index in [1.54, 1.807) is 24.3 Å². The number of benzene rings is 2. The lowest BCUT2D eigenvalue weighted by atomic mass is 10.3. The normalized spacial score (nSPS) is 11.2. The van der Waals surface area contributed by atoms with Crippen molar-refractivity contribution in [3.63, 3.8) is 0 Å². The Bertz CT molecular complexity index is 656. The molecule has 0 saturated carbocycles. The van der Waals surface area contributed by atoms with Gasteiger partial charge in [0.1, 0.15) is 5.69 Å². The van der Waals surface area contributed by atoms with Gasteiger partial charge in [0.2, 0.25) is 0 Å². The summed E-state index contributed by atoms with van der Waals surface area (Å²) in [6.45, 7) is 0. The van der Waals surface area contributed by atoms with Crippen molar-refractivity contribution in [3.05, 3.63) is 50.4 Å². The summed E-state index contributed by atoms with van der Waals surface area (Å²) in [4.78, 5) is 0. The summed E-state index contributed by atoms with van der Waals surface area (Å²) in [6.07, 6.45) is 0. The third kappa shape index (κ3) is 3.51. The Labute approximate surface area is 129 Å². The third-order valence-corrected chi connectivity index (χ3v) is 3.71. The van der Waals surface area contributed by atoms with Crippen LogP contribution >= 0.6 is 46.4 Å². The molecule has 19 heavy (non-hydrogen) atoms. The van der Waals surface area contributed by atoms with Gasteiger partial charge in [-0.05, 0) is 30.3 Å². The van der Waals surface area contributed by atoms with Crippen molar-refractivity contribution >= 4 is 63.5 Å². The highest BCUT2D eigenvalue weighted by Gasteiger charge is 2.04. The van der Waals surface area contributed by atoms with E-state index in [1.807, 2.05) is 0 Å². The molecule has 0 unspecified atom stereocenters. The fourth-order valence-electron chi connectivity index (χ4n) is 1.30. The van der Waals surface area contributed by atoms with Crippen LogP contribution < -0.4 is 5.73 Å². The summed E-state index contributed by atoms with van der Waals surface area (Å²) < 4.78 is 0. The van der Waals surface area contributed by atoms with Gasteiger partial charge in [0, 0.05) is 0 Å². The summed E-state index contributed by atoms with van der Waals surface area (Å²) in [5, 5.41) is 9.60. The maximum absolute atomic E-state index is 5.89. The average molecular weight is 335 g/mol. The summed E-state index contributed by atoms with van der Waals surface area (Å²) in [6, 6.07) is 7.98. The first-order valence-corrected chi connectivity index (χ1v) is 6.60. The fraction of sp³-hybridized carbons (Fsp3) is 0. The monoisotopic (exact) mass is 333 g/mol. The van der Waals surface area contributed by atoms with E-state index in [-0.39, 0.29) is 0 Å². The van der Waals surface area contributed by atoms with Crippen LogP contribution in [-0.2, 0) is 0 Å². The zero-order valence-corrected chi connectivity index (χ0v) is 12.4. The van der Waals surface area contributed by atoms with E-state index in [0.717, 1.165) is 0 Å². The van der Waals surface area contributed by atoms with Crippen molar-refractivity contribution in [2.75, 3.05) is 5.73 Å². The first-order valence-electron chi connectivity index (χ1n) is 5.08. The van der Waals surface area contributed by atoms with Crippen molar-refractivity contribution in [2.24, 2.45) is 10.2 Å². The molecule has 0 aliphatic carbocycles. The molecular weight excluding hydrogens is 328 g/mol. The lowest BCUT2D eigenvalue weighted by molar-refractivity contribution is 1.23. The topological polar surface area (TPSA) is 50.7 Å². The fourth-order valence-corrected chi connectivity index (χ4v) is 1.92. The summed E-state index contributed by atoms with van der Waals surface area (Å²) in [7, 11) is 0. The van der Waals surface area contributed by atoms with Crippen LogP contribution in [0.3, 0.4) is 0 Å². The number of azo groups is 1. The Hall–Kier alpha value is -1.000. The Morgan fingerprint density at radius 3 is 2.05 bits per heavy atom. The summed E-state index contributed by atoms with van der Waals surface area (Å²) in [5.74, 6) is 0. The van der Waals surface area contributed by atoms with Gasteiger partial charge in [-0.2, -0.15) is 5.11 Å². The van der Waals surface area contributed by atoms with E-state index in [9.17, 15) is 0 Å². The van der Waals surface area contributed by atoms with Crippen molar-refractivity contribution in [3.8, 4) is 0 Å². The molecule has 0 aliphatic heterocycles. The van der Waals surface area contributed by atoms with E-state index in [2.05, 4.69) is 10.2 Å². The Balaban J connectivity index is 2.32. The van der Waals surface area contributed by atoms with Crippen LogP contribution in [0.1, 0.15) is 0 Å². The highest BCUT2D eigenvalue weighted by molar-refractivity contribution is 6.42. The lowest BCUT2D eigenvalue weighted by Crippen LogP contribution is -1.85. The standard InChI is InChI=1S/C12H7Cl4N3/c13-7-2-1-6(3-8(7)14)18-19-12-5-10(16)9(15)4-11(12)17/h1-5H,17H2. The minimum absolute atomic E-state index is 0.360. The molecular formula is C12H7Cl4N3. The number of anilines is 1. The first-order chi connectivity index (χ1) is 8.97. The first kappa shape index (κ1) is 14.4. The molecule has 0 bridgehead atoms. The number of hydrogen-bond acceptors (Lipinski definition) is 3. The third-order valence-electron chi connectivity index (χ3n) is 2.25. The SMILES string of the molecule is Nc1cc(Cl)c(Cl)cc1N=Nc1ccc(Cl)c(Cl)c1. The lowest BCUT2D eigenvalue weighted by Gasteiger charge is -2.02. The van der Waals surface area contributed by atoms with Gasteiger partial charge in [-0.15, -0.1) is 5.11 Å². The van der Waals surface area contributed by atoms with Crippen LogP contribution in [-0.4, -0.2) is 0 Å². The second-order valence-corrected chi connectivity index (χ2v) is 5.25. The highest BCUT2D eigenvalue weighted by Crippen LogP contribution is 2.34. The van der Waals surface area contributed by atoms with E-state index < -0.39 is 0 Å². The molecule has 2 rings (SSSR count). The largest absolute Gasteiger partial charge is 0.397 e. The summed E-state index contributed by atoms with van der Waals surface area (Å²) in [5.41, 5.74) is 7.14. The molecule has 0 radical (unpaired) electrons. The van der Waals surface area contributed by atoms with Crippen LogP contribution in [0.5, 0.6) is 0 Å². The van der Waals surface area contributed by atoms with Gasteiger partial charge in [-0.3, -0.25) is 0 Å². The van der Waals surface area contributed by atoms with Crippen LogP contribution in [0.25, 0.3) is 0 Å². The number of nitrogens with two attached hydrogens (primary N) is 1. The molecule has 0 amide bonds. The smallest absolute Gasteiger partial charge is 0.110 e.